The first-order valence-corrected chi connectivity index (χ1v) is 4.35. The molecular weight excluding hydrogens is 245 g/mol. The second-order valence-corrected chi connectivity index (χ2v) is 3.20. The number of alkyl halides is 3. The number of aliphatic hydroxyl groups excluding tert-OH is 1. The second kappa shape index (κ2) is 4.57. The average molecular weight is 255 g/mol. The Bertz CT molecular complexity index is 415. The Morgan fingerprint density at radius 2 is 2.18 bits per heavy atom. The first kappa shape index (κ1) is 13.2. The zero-order chi connectivity index (χ0) is 13.2. The fraction of sp³-hybridized carbons (Fsp3) is 0.571. The van der Waals surface area contributed by atoms with E-state index in [0.717, 1.165) is 4.79 Å². The monoisotopic (exact) mass is 255 g/mol. The lowest BCUT2D eigenvalue weighted by Crippen LogP contribution is -2.56. The number of aliphatic hydroxyl groups is 1. The molecule has 0 aromatic carbocycles. The van der Waals surface area contributed by atoms with Crippen LogP contribution >= 0.6 is 0 Å². The van der Waals surface area contributed by atoms with Crippen LogP contribution in [0.2, 0.25) is 0 Å². The summed E-state index contributed by atoms with van der Waals surface area (Å²) in [6.07, 6.45) is -5.04. The molecule has 0 bridgehead atoms. The van der Waals surface area contributed by atoms with Gasteiger partial charge >= 0.3 is 23.7 Å². The largest absolute Gasteiger partial charge is 0.471 e. The van der Waals surface area contributed by atoms with E-state index in [-0.39, 0.29) is 5.69 Å². The highest BCUT2D eigenvalue weighted by molar-refractivity contribution is 5.93. The van der Waals surface area contributed by atoms with Crippen molar-refractivity contribution in [2.24, 2.45) is 0 Å². The van der Waals surface area contributed by atoms with E-state index >= 15 is 0 Å². The van der Waals surface area contributed by atoms with E-state index in [4.69, 9.17) is 5.11 Å². The smallest absolute Gasteiger partial charge is 0.385 e. The Morgan fingerprint density at radius 3 is 2.59 bits per heavy atom. The summed E-state index contributed by atoms with van der Waals surface area (Å²) in [4.78, 5) is 11.7. The van der Waals surface area contributed by atoms with Crippen LogP contribution in [0.4, 0.5) is 19.1 Å². The zero-order valence-corrected chi connectivity index (χ0v) is 8.95. The molecule has 0 saturated heterocycles. The van der Waals surface area contributed by atoms with Crippen molar-refractivity contribution in [3.05, 3.63) is 5.69 Å². The SMILES string of the molecule is CN(C)[n+]1noc(NC(=O)C(F)(F)F)c1CO. The molecule has 0 aliphatic heterocycles. The maximum absolute atomic E-state index is 12.0. The number of hydrogen-bond acceptors (Lipinski definition) is 5. The topological polar surface area (TPSA) is 82.5 Å². The lowest BCUT2D eigenvalue weighted by molar-refractivity contribution is -0.760. The molecule has 1 amide bonds. The van der Waals surface area contributed by atoms with Gasteiger partial charge in [-0.25, -0.2) is 0 Å². The van der Waals surface area contributed by atoms with E-state index in [1.54, 1.807) is 0 Å². The molecule has 1 rings (SSSR count). The molecule has 0 spiro atoms. The first-order chi connectivity index (χ1) is 7.77. The van der Waals surface area contributed by atoms with Gasteiger partial charge in [0.05, 0.1) is 18.9 Å². The molecule has 0 aliphatic rings. The van der Waals surface area contributed by atoms with Crippen molar-refractivity contribution in [2.75, 3.05) is 24.4 Å². The van der Waals surface area contributed by atoms with E-state index in [9.17, 15) is 18.0 Å². The molecule has 0 unspecified atom stereocenters. The van der Waals surface area contributed by atoms with E-state index in [1.807, 2.05) is 0 Å². The number of nitrogens with one attached hydrogen (secondary N) is 1. The van der Waals surface area contributed by atoms with Gasteiger partial charge in [-0.1, -0.05) is 0 Å². The fourth-order valence-electron chi connectivity index (χ4n) is 0.991. The third-order valence-corrected chi connectivity index (χ3v) is 1.73. The molecule has 96 valence electrons. The predicted octanol–water partition coefficient (Wildman–Crippen LogP) is -0.847. The Kier molecular flexibility index (Phi) is 3.56. The lowest BCUT2D eigenvalue weighted by Gasteiger charge is -2.04. The van der Waals surface area contributed by atoms with Crippen LogP contribution in [0, 0.1) is 0 Å². The van der Waals surface area contributed by atoms with E-state index < -0.39 is 24.6 Å². The molecular formula is C7H10F3N4O3+. The molecule has 17 heavy (non-hydrogen) atoms. The van der Waals surface area contributed by atoms with Gasteiger partial charge in [0, 0.05) is 0 Å². The molecule has 0 fully saturated rings. The minimum Gasteiger partial charge on any atom is -0.385 e. The zero-order valence-electron chi connectivity index (χ0n) is 8.95. The van der Waals surface area contributed by atoms with E-state index in [2.05, 4.69) is 9.79 Å². The first-order valence-electron chi connectivity index (χ1n) is 4.35. The number of anilines is 1. The normalized spacial score (nSPS) is 11.4. The Hall–Kier alpha value is -1.84. The summed E-state index contributed by atoms with van der Waals surface area (Å²) in [6.45, 7) is -0.644. The van der Waals surface area contributed by atoms with Crippen LogP contribution < -0.4 is 15.1 Å². The minimum absolute atomic E-state index is 0.104. The molecule has 0 aliphatic carbocycles. The van der Waals surface area contributed by atoms with Crippen molar-refractivity contribution in [3.8, 4) is 0 Å². The van der Waals surface area contributed by atoms with Crippen molar-refractivity contribution in [2.45, 2.75) is 12.8 Å². The maximum atomic E-state index is 12.0. The number of amides is 1. The number of hydrogen-bond donors (Lipinski definition) is 2. The standard InChI is InChI=1S/C7H9F3N4O3/c1-13(2)14-4(3-15)5(17-12-14)11-6(16)7(8,9)10/h15H,3H2,1-2H3/p+1. The molecule has 10 heteroatoms. The van der Waals surface area contributed by atoms with Gasteiger partial charge in [0.15, 0.2) is 0 Å². The number of carbonyl (C=O) groups is 1. The van der Waals surface area contributed by atoms with Gasteiger partial charge in [-0.15, -0.1) is 0 Å². The number of halogens is 3. The van der Waals surface area contributed by atoms with Gasteiger partial charge in [0.2, 0.25) is 5.27 Å². The molecule has 1 aromatic heterocycles. The van der Waals surface area contributed by atoms with Crippen molar-refractivity contribution in [3.63, 3.8) is 0 Å². The minimum atomic E-state index is -5.04. The van der Waals surface area contributed by atoms with Crippen molar-refractivity contribution in [1.29, 1.82) is 0 Å². The number of aromatic nitrogens is 2. The highest BCUT2D eigenvalue weighted by Crippen LogP contribution is 2.19. The van der Waals surface area contributed by atoms with Crippen molar-refractivity contribution < 1.29 is 32.4 Å². The Labute approximate surface area is 93.4 Å². The summed E-state index contributed by atoms with van der Waals surface area (Å²) < 4.78 is 40.4. The lowest BCUT2D eigenvalue weighted by atomic mass is 10.4. The molecule has 1 aromatic rings. The van der Waals surface area contributed by atoms with E-state index in [0.29, 0.717) is 0 Å². The van der Waals surface area contributed by atoms with Crippen LogP contribution in [0.15, 0.2) is 4.52 Å². The maximum Gasteiger partial charge on any atom is 0.471 e. The third-order valence-electron chi connectivity index (χ3n) is 1.73. The fourth-order valence-corrected chi connectivity index (χ4v) is 0.991. The van der Waals surface area contributed by atoms with E-state index in [1.165, 1.54) is 24.4 Å². The van der Waals surface area contributed by atoms with Gasteiger partial charge in [-0.3, -0.25) is 14.6 Å². The molecule has 0 saturated carbocycles. The highest BCUT2D eigenvalue weighted by Gasteiger charge is 2.41. The van der Waals surface area contributed by atoms with Gasteiger partial charge in [0.1, 0.15) is 6.61 Å². The highest BCUT2D eigenvalue weighted by atomic mass is 19.4. The molecule has 7 nitrogen and oxygen atoms in total. The summed E-state index contributed by atoms with van der Waals surface area (Å²) in [6, 6.07) is 0. The van der Waals surface area contributed by atoms with Gasteiger partial charge in [-0.05, 0) is 0 Å². The van der Waals surface area contributed by atoms with Crippen molar-refractivity contribution >= 4 is 11.8 Å². The summed E-state index contributed by atoms with van der Waals surface area (Å²) in [5.74, 6) is -2.75. The summed E-state index contributed by atoms with van der Waals surface area (Å²) in [5, 5.41) is 15.1. The Morgan fingerprint density at radius 1 is 1.59 bits per heavy atom. The average Bonchev–Trinajstić information content (AvgIpc) is 2.59. The van der Waals surface area contributed by atoms with Gasteiger partial charge in [-0.2, -0.15) is 18.2 Å². The predicted molar refractivity (Wildman–Crippen MR) is 47.4 cm³/mol. The number of nitrogens with zero attached hydrogens (tertiary/aromatic N) is 3. The summed E-state index contributed by atoms with van der Waals surface area (Å²) in [5.41, 5.74) is -0.104. The van der Waals surface area contributed by atoms with Crippen LogP contribution in [0.1, 0.15) is 5.69 Å². The third kappa shape index (κ3) is 2.84. The summed E-state index contributed by atoms with van der Waals surface area (Å²) >= 11 is 0. The molecule has 0 radical (unpaired) electrons. The van der Waals surface area contributed by atoms with Gasteiger partial charge < -0.3 is 5.11 Å². The summed E-state index contributed by atoms with van der Waals surface area (Å²) in [7, 11) is 3.05. The quantitative estimate of drug-likeness (QED) is 0.688. The molecule has 2 N–H and O–H groups in total. The number of carbonyl (C=O) groups excluding carboxylic acids is 1. The molecule has 0 atom stereocenters. The Balaban J connectivity index is 2.97. The van der Waals surface area contributed by atoms with Crippen LogP contribution in [-0.2, 0) is 11.4 Å². The van der Waals surface area contributed by atoms with Crippen LogP contribution in [0.5, 0.6) is 0 Å². The van der Waals surface area contributed by atoms with Gasteiger partial charge in [0.25, 0.3) is 0 Å². The van der Waals surface area contributed by atoms with Crippen molar-refractivity contribution in [1.82, 2.24) is 5.27 Å². The second-order valence-electron chi connectivity index (χ2n) is 3.20. The van der Waals surface area contributed by atoms with Crippen LogP contribution in [0.25, 0.3) is 0 Å². The molecule has 1 heterocycles. The number of rotatable bonds is 3. The van der Waals surface area contributed by atoms with Crippen LogP contribution in [-0.4, -0.2) is 36.6 Å². The van der Waals surface area contributed by atoms with Crippen LogP contribution in [0.3, 0.4) is 0 Å².